The molecule has 1 aromatic heterocycles. The van der Waals surface area contributed by atoms with Crippen LogP contribution in [0.2, 0.25) is 0 Å². The van der Waals surface area contributed by atoms with E-state index in [0.717, 1.165) is 5.69 Å². The van der Waals surface area contributed by atoms with Gasteiger partial charge in [-0.25, -0.2) is 0 Å². The second-order valence-corrected chi connectivity index (χ2v) is 5.61. The van der Waals surface area contributed by atoms with E-state index in [4.69, 9.17) is 0 Å². The van der Waals surface area contributed by atoms with E-state index in [0.29, 0.717) is 15.7 Å². The van der Waals surface area contributed by atoms with Crippen molar-refractivity contribution >= 4 is 39.1 Å². The third kappa shape index (κ3) is 4.64. The normalized spacial score (nSPS) is 11.1. The third-order valence-electron chi connectivity index (χ3n) is 2.63. The maximum absolute atomic E-state index is 12.5. The Labute approximate surface area is 138 Å². The van der Waals surface area contributed by atoms with Crippen molar-refractivity contribution in [3.05, 3.63) is 52.3 Å². The zero-order valence-electron chi connectivity index (χ0n) is 11.2. The van der Waals surface area contributed by atoms with Gasteiger partial charge in [0.05, 0.1) is 11.3 Å². The summed E-state index contributed by atoms with van der Waals surface area (Å²) >= 11 is 7.96. The van der Waals surface area contributed by atoms with Gasteiger partial charge in [-0.3, -0.25) is 9.78 Å². The van der Waals surface area contributed by atoms with E-state index in [9.17, 15) is 13.6 Å². The number of halogens is 4. The predicted octanol–water partition coefficient (Wildman–Crippen LogP) is 4.57. The van der Waals surface area contributed by atoms with E-state index < -0.39 is 5.57 Å². The number of carbonyl (C=O) groups is 1. The van der Waals surface area contributed by atoms with Crippen molar-refractivity contribution in [2.75, 3.05) is 5.32 Å². The number of hydrogen-bond donors (Lipinski definition) is 1. The van der Waals surface area contributed by atoms with Crippen molar-refractivity contribution in [2.45, 2.75) is 12.5 Å². The molecule has 8 heteroatoms. The fraction of sp³-hybridized carbons (Fsp3) is 0.143. The second-order valence-electron chi connectivity index (χ2n) is 4.32. The fourth-order valence-corrected chi connectivity index (χ4v) is 2.01. The zero-order chi connectivity index (χ0) is 16.3. The lowest BCUT2D eigenvalue weighted by Gasteiger charge is -2.11. The Bertz CT molecular complexity index is 690. The van der Waals surface area contributed by atoms with Crippen LogP contribution in [0.3, 0.4) is 0 Å². The molecule has 2 aromatic rings. The molecule has 0 aliphatic heterocycles. The smallest absolute Gasteiger partial charge is 0.420 e. The van der Waals surface area contributed by atoms with Gasteiger partial charge in [-0.1, -0.05) is 0 Å². The largest absolute Gasteiger partial charge is 0.487 e. The molecule has 0 aliphatic rings. The average Bonchev–Trinajstić information content (AvgIpc) is 2.42. The molecule has 0 aliphatic carbocycles. The number of rotatable bonds is 4. The Kier molecular flexibility index (Phi) is 4.97. The van der Waals surface area contributed by atoms with Crippen molar-refractivity contribution in [1.82, 2.24) is 4.98 Å². The minimum Gasteiger partial charge on any atom is -0.420 e. The number of nitrogens with one attached hydrogen (secondary N) is 1. The van der Waals surface area contributed by atoms with Gasteiger partial charge in [0, 0.05) is 28.0 Å². The molecule has 22 heavy (non-hydrogen) atoms. The summed E-state index contributed by atoms with van der Waals surface area (Å²) in [6, 6.07) is 7.03. The lowest BCUT2D eigenvalue weighted by molar-refractivity contribution is -0.0964. The molecule has 4 nitrogen and oxygen atoms in total. The van der Waals surface area contributed by atoms with Crippen molar-refractivity contribution in [3.63, 3.8) is 0 Å². The predicted molar refractivity (Wildman–Crippen MR) is 82.5 cm³/mol. The summed E-state index contributed by atoms with van der Waals surface area (Å²) in [5.74, 6) is -0.484. The van der Waals surface area contributed by atoms with Gasteiger partial charge in [0.1, 0.15) is 5.75 Å². The minimum absolute atomic E-state index is 0.113. The molecule has 116 valence electrons. The second kappa shape index (κ2) is 6.58. The highest BCUT2D eigenvalue weighted by Gasteiger charge is 2.27. The Morgan fingerprint density at radius 2 is 2.00 bits per heavy atom. The molecule has 0 saturated heterocycles. The molecule has 0 radical (unpaired) electrons. The van der Waals surface area contributed by atoms with Crippen molar-refractivity contribution in [2.24, 2.45) is 0 Å². The first-order valence-electron chi connectivity index (χ1n) is 6.04. The summed E-state index contributed by atoms with van der Waals surface area (Å²) in [5.41, 5.74) is -2.22. The Hall–Kier alpha value is -1.73. The highest BCUT2D eigenvalue weighted by molar-refractivity contribution is 9.10. The standard InChI is InChI=1S/C14H10BrClF2N2O2/c1-8-12(15)6-9(7-19-8)13(21)20-10-2-4-11(5-3-10)22-14(16,17)18/h2-7H,1H3,(H,20,21). The first-order valence-corrected chi connectivity index (χ1v) is 7.21. The zero-order valence-corrected chi connectivity index (χ0v) is 13.6. The van der Waals surface area contributed by atoms with Crippen LogP contribution in [0.4, 0.5) is 14.5 Å². The van der Waals surface area contributed by atoms with Gasteiger partial charge in [-0.2, -0.15) is 0 Å². The number of alkyl halides is 3. The number of hydrogen-bond acceptors (Lipinski definition) is 3. The quantitative estimate of drug-likeness (QED) is 0.777. The SMILES string of the molecule is Cc1ncc(C(=O)Nc2ccc(OC(F)(F)Cl)cc2)cc1Br. The molecule has 1 aromatic carbocycles. The molecule has 1 N–H and O–H groups in total. The number of aromatic nitrogens is 1. The Balaban J connectivity index is 2.07. The topological polar surface area (TPSA) is 51.2 Å². The van der Waals surface area contributed by atoms with Gasteiger partial charge in [0.15, 0.2) is 0 Å². The fourth-order valence-electron chi connectivity index (χ4n) is 1.57. The number of nitrogens with zero attached hydrogens (tertiary/aromatic N) is 1. The monoisotopic (exact) mass is 390 g/mol. The van der Waals surface area contributed by atoms with E-state index in [1.165, 1.54) is 30.5 Å². The van der Waals surface area contributed by atoms with Crippen LogP contribution in [0, 0.1) is 6.92 Å². The Morgan fingerprint density at radius 3 is 2.55 bits per heavy atom. The molecule has 0 saturated carbocycles. The van der Waals surface area contributed by atoms with Crippen LogP contribution in [-0.2, 0) is 0 Å². The van der Waals surface area contributed by atoms with Gasteiger partial charge in [-0.15, -0.1) is 8.78 Å². The lowest BCUT2D eigenvalue weighted by atomic mass is 10.2. The van der Waals surface area contributed by atoms with Gasteiger partial charge < -0.3 is 10.1 Å². The summed E-state index contributed by atoms with van der Waals surface area (Å²) in [6.45, 7) is 1.80. The molecular formula is C14H10BrClF2N2O2. The molecule has 0 fully saturated rings. The van der Waals surface area contributed by atoms with Crippen LogP contribution < -0.4 is 10.1 Å². The van der Waals surface area contributed by atoms with Crippen molar-refractivity contribution in [3.8, 4) is 5.75 Å². The average molecular weight is 392 g/mol. The van der Waals surface area contributed by atoms with Crippen molar-refractivity contribution < 1.29 is 18.3 Å². The summed E-state index contributed by atoms with van der Waals surface area (Å²) in [6.07, 6.45) is 1.45. The van der Waals surface area contributed by atoms with Crippen LogP contribution in [0.5, 0.6) is 5.75 Å². The molecule has 0 unspecified atom stereocenters. The first kappa shape index (κ1) is 16.6. The molecule has 0 atom stereocenters. The van der Waals surface area contributed by atoms with E-state index in [2.05, 4.69) is 42.6 Å². The molecular weight excluding hydrogens is 382 g/mol. The number of amides is 1. The summed E-state index contributed by atoms with van der Waals surface area (Å²) < 4.78 is 29.8. The van der Waals surface area contributed by atoms with Crippen molar-refractivity contribution in [1.29, 1.82) is 0 Å². The van der Waals surface area contributed by atoms with E-state index in [1.807, 2.05) is 0 Å². The molecule has 1 heterocycles. The molecule has 0 bridgehead atoms. The van der Waals surface area contributed by atoms with E-state index in [1.54, 1.807) is 13.0 Å². The maximum Gasteiger partial charge on any atom is 0.487 e. The number of anilines is 1. The van der Waals surface area contributed by atoms with Gasteiger partial charge in [0.25, 0.3) is 5.91 Å². The minimum atomic E-state index is -3.77. The number of aryl methyl sites for hydroxylation is 1. The number of ether oxygens (including phenoxy) is 1. The highest BCUT2D eigenvalue weighted by Crippen LogP contribution is 2.26. The summed E-state index contributed by atoms with van der Waals surface area (Å²) in [5, 5.41) is 2.62. The van der Waals surface area contributed by atoms with Crippen LogP contribution in [-0.4, -0.2) is 16.5 Å². The lowest BCUT2D eigenvalue weighted by Crippen LogP contribution is -2.16. The molecule has 2 rings (SSSR count). The van der Waals surface area contributed by atoms with Crippen LogP contribution in [0.15, 0.2) is 41.0 Å². The third-order valence-corrected chi connectivity index (χ3v) is 3.51. The maximum atomic E-state index is 12.5. The van der Waals surface area contributed by atoms with E-state index >= 15 is 0 Å². The number of pyridine rings is 1. The van der Waals surface area contributed by atoms with Gasteiger partial charge in [-0.05, 0) is 53.2 Å². The van der Waals surface area contributed by atoms with Crippen LogP contribution in [0.25, 0.3) is 0 Å². The first-order chi connectivity index (χ1) is 10.2. The van der Waals surface area contributed by atoms with Gasteiger partial charge in [0.2, 0.25) is 0 Å². The summed E-state index contributed by atoms with van der Waals surface area (Å²) in [7, 11) is 0. The van der Waals surface area contributed by atoms with Crippen LogP contribution in [0.1, 0.15) is 16.1 Å². The summed E-state index contributed by atoms with van der Waals surface area (Å²) in [4.78, 5) is 16.1. The number of benzene rings is 1. The highest BCUT2D eigenvalue weighted by atomic mass is 79.9. The number of carbonyl (C=O) groups excluding carboxylic acids is 1. The van der Waals surface area contributed by atoms with Gasteiger partial charge >= 0.3 is 5.57 Å². The molecule has 1 amide bonds. The van der Waals surface area contributed by atoms with E-state index in [-0.39, 0.29) is 11.7 Å². The molecule has 0 spiro atoms. The Morgan fingerprint density at radius 1 is 1.36 bits per heavy atom. The van der Waals surface area contributed by atoms with Crippen LogP contribution >= 0.6 is 27.5 Å².